The Morgan fingerprint density at radius 2 is 2.06 bits per heavy atom. The molecular formula is C11H12Cl2N2O. The maximum absolute atomic E-state index is 11.4. The van der Waals surface area contributed by atoms with Crippen LogP contribution < -0.4 is 5.32 Å². The molecule has 1 heterocycles. The molecule has 0 atom stereocenters. The van der Waals surface area contributed by atoms with Crippen LogP contribution in [0.5, 0.6) is 0 Å². The molecule has 0 bridgehead atoms. The lowest BCUT2D eigenvalue weighted by Gasteiger charge is -2.02. The van der Waals surface area contributed by atoms with Gasteiger partial charge in [-0.15, -0.1) is 0 Å². The minimum Gasteiger partial charge on any atom is -0.353 e. The topological polar surface area (TPSA) is 42.0 Å². The molecule has 1 amide bonds. The summed E-state index contributed by atoms with van der Waals surface area (Å²) in [6.07, 6.45) is 6.10. The number of aromatic nitrogens is 1. The molecule has 0 aliphatic carbocycles. The molecule has 0 aliphatic rings. The lowest BCUT2D eigenvalue weighted by atomic mass is 10.1. The Balaban J connectivity index is 2.23. The molecule has 0 saturated heterocycles. The van der Waals surface area contributed by atoms with Crippen molar-refractivity contribution in [2.75, 3.05) is 6.54 Å². The fourth-order valence-corrected chi connectivity index (χ4v) is 1.29. The van der Waals surface area contributed by atoms with E-state index < -0.39 is 0 Å². The summed E-state index contributed by atoms with van der Waals surface area (Å²) in [6, 6.07) is 3.78. The third-order valence-corrected chi connectivity index (χ3v) is 2.25. The quantitative estimate of drug-likeness (QED) is 0.882. The highest BCUT2D eigenvalue weighted by Gasteiger charge is 2.00. The molecule has 16 heavy (non-hydrogen) atoms. The Kier molecular flexibility index (Phi) is 5.90. The van der Waals surface area contributed by atoms with E-state index in [1.807, 2.05) is 12.1 Å². The summed E-state index contributed by atoms with van der Waals surface area (Å²) in [7, 11) is 0. The molecule has 0 fully saturated rings. The van der Waals surface area contributed by atoms with Gasteiger partial charge in [0.1, 0.15) is 4.49 Å². The number of carbonyl (C=O) groups is 1. The van der Waals surface area contributed by atoms with Gasteiger partial charge >= 0.3 is 0 Å². The first-order chi connectivity index (χ1) is 7.68. The summed E-state index contributed by atoms with van der Waals surface area (Å²) in [5.74, 6) is -0.0253. The summed E-state index contributed by atoms with van der Waals surface area (Å²) in [5.41, 5.74) is 1.09. The van der Waals surface area contributed by atoms with Crippen molar-refractivity contribution in [3.8, 4) is 0 Å². The van der Waals surface area contributed by atoms with Crippen LogP contribution >= 0.6 is 23.2 Å². The highest BCUT2D eigenvalue weighted by Crippen LogP contribution is 2.04. The molecule has 5 heteroatoms. The largest absolute Gasteiger partial charge is 0.353 e. The van der Waals surface area contributed by atoms with Crippen molar-refractivity contribution in [3.05, 3.63) is 40.7 Å². The smallest absolute Gasteiger partial charge is 0.220 e. The van der Waals surface area contributed by atoms with Gasteiger partial charge in [0.15, 0.2) is 0 Å². The van der Waals surface area contributed by atoms with Gasteiger partial charge in [-0.3, -0.25) is 9.78 Å². The van der Waals surface area contributed by atoms with Crippen LogP contribution in [-0.2, 0) is 11.2 Å². The van der Waals surface area contributed by atoms with E-state index in [0.717, 1.165) is 5.56 Å². The Labute approximate surface area is 104 Å². The molecule has 1 N–H and O–H groups in total. The monoisotopic (exact) mass is 258 g/mol. The van der Waals surface area contributed by atoms with Crippen LogP contribution in [0.2, 0.25) is 0 Å². The van der Waals surface area contributed by atoms with Crippen LogP contribution in [0.25, 0.3) is 0 Å². The van der Waals surface area contributed by atoms with Gasteiger partial charge in [0.2, 0.25) is 5.91 Å². The van der Waals surface area contributed by atoms with Crippen molar-refractivity contribution in [2.45, 2.75) is 12.8 Å². The summed E-state index contributed by atoms with van der Waals surface area (Å²) in [5, 5.41) is 2.68. The minimum absolute atomic E-state index is 0.0253. The van der Waals surface area contributed by atoms with Crippen molar-refractivity contribution in [2.24, 2.45) is 0 Å². The highest BCUT2D eigenvalue weighted by atomic mass is 35.5. The van der Waals surface area contributed by atoms with E-state index >= 15 is 0 Å². The average molecular weight is 259 g/mol. The second-order valence-corrected chi connectivity index (χ2v) is 4.16. The number of rotatable bonds is 5. The van der Waals surface area contributed by atoms with Gasteiger partial charge in [-0.1, -0.05) is 23.2 Å². The van der Waals surface area contributed by atoms with Gasteiger partial charge in [0, 0.05) is 25.4 Å². The van der Waals surface area contributed by atoms with Crippen LogP contribution in [0.4, 0.5) is 0 Å². The third-order valence-electron chi connectivity index (χ3n) is 1.95. The maximum Gasteiger partial charge on any atom is 0.220 e. The average Bonchev–Trinajstić information content (AvgIpc) is 2.27. The number of hydrogen-bond donors (Lipinski definition) is 1. The molecule has 86 valence electrons. The van der Waals surface area contributed by atoms with Crippen molar-refractivity contribution < 1.29 is 4.79 Å². The number of pyridine rings is 1. The summed E-state index contributed by atoms with van der Waals surface area (Å²) in [4.78, 5) is 15.3. The first-order valence-corrected chi connectivity index (χ1v) is 5.61. The third kappa shape index (κ3) is 5.73. The van der Waals surface area contributed by atoms with Crippen LogP contribution in [0.15, 0.2) is 35.1 Å². The van der Waals surface area contributed by atoms with E-state index in [2.05, 4.69) is 10.3 Å². The zero-order valence-corrected chi connectivity index (χ0v) is 10.1. The van der Waals surface area contributed by atoms with E-state index in [1.54, 1.807) is 12.4 Å². The van der Waals surface area contributed by atoms with Crippen molar-refractivity contribution in [3.63, 3.8) is 0 Å². The molecule has 0 spiro atoms. The van der Waals surface area contributed by atoms with Gasteiger partial charge in [0.25, 0.3) is 0 Å². The maximum atomic E-state index is 11.4. The second kappa shape index (κ2) is 7.25. The molecule has 3 nitrogen and oxygen atoms in total. The number of amides is 1. The van der Waals surface area contributed by atoms with E-state index in [4.69, 9.17) is 23.2 Å². The van der Waals surface area contributed by atoms with E-state index in [9.17, 15) is 4.79 Å². The molecule has 0 aromatic carbocycles. The van der Waals surface area contributed by atoms with Crippen molar-refractivity contribution in [1.82, 2.24) is 10.3 Å². The Morgan fingerprint density at radius 1 is 1.38 bits per heavy atom. The number of halogens is 2. The van der Waals surface area contributed by atoms with Crippen LogP contribution in [0, 0.1) is 0 Å². The standard InChI is InChI=1S/C11H12Cl2N2O/c12-10(13)5-8-15-11(16)2-1-9-3-6-14-7-4-9/h3-7H,1-2,8H2,(H,15,16). The first kappa shape index (κ1) is 13.0. The number of aryl methyl sites for hydroxylation is 1. The number of hydrogen-bond acceptors (Lipinski definition) is 2. The zero-order valence-electron chi connectivity index (χ0n) is 8.62. The number of carbonyl (C=O) groups excluding carboxylic acids is 1. The van der Waals surface area contributed by atoms with Crippen LogP contribution in [0.1, 0.15) is 12.0 Å². The predicted molar refractivity (Wildman–Crippen MR) is 65.4 cm³/mol. The molecular weight excluding hydrogens is 247 g/mol. The summed E-state index contributed by atoms with van der Waals surface area (Å²) < 4.78 is 0.162. The Bertz CT molecular complexity index is 362. The van der Waals surface area contributed by atoms with Gasteiger partial charge in [0.05, 0.1) is 0 Å². The van der Waals surface area contributed by atoms with E-state index in [0.29, 0.717) is 19.4 Å². The predicted octanol–water partition coefficient (Wildman–Crippen LogP) is 2.45. The highest BCUT2D eigenvalue weighted by molar-refractivity contribution is 6.55. The van der Waals surface area contributed by atoms with Crippen LogP contribution in [0.3, 0.4) is 0 Å². The SMILES string of the molecule is O=C(CCc1ccncc1)NCC=C(Cl)Cl. The zero-order chi connectivity index (χ0) is 11.8. The molecule has 0 aliphatic heterocycles. The molecule has 0 unspecified atom stereocenters. The van der Waals surface area contributed by atoms with Gasteiger partial charge in [-0.05, 0) is 30.2 Å². The molecule has 0 radical (unpaired) electrons. The lowest BCUT2D eigenvalue weighted by Crippen LogP contribution is -2.23. The summed E-state index contributed by atoms with van der Waals surface area (Å²) >= 11 is 10.8. The van der Waals surface area contributed by atoms with Gasteiger partial charge < -0.3 is 5.32 Å². The van der Waals surface area contributed by atoms with E-state index in [1.165, 1.54) is 6.08 Å². The molecule has 1 aromatic heterocycles. The normalized spacial score (nSPS) is 9.62. The fraction of sp³-hybridized carbons (Fsp3) is 0.273. The Morgan fingerprint density at radius 3 is 2.69 bits per heavy atom. The van der Waals surface area contributed by atoms with Gasteiger partial charge in [-0.25, -0.2) is 0 Å². The Hall–Kier alpha value is -1.06. The van der Waals surface area contributed by atoms with Gasteiger partial charge in [-0.2, -0.15) is 0 Å². The molecule has 1 aromatic rings. The lowest BCUT2D eigenvalue weighted by molar-refractivity contribution is -0.120. The first-order valence-electron chi connectivity index (χ1n) is 4.85. The van der Waals surface area contributed by atoms with Crippen LogP contribution in [-0.4, -0.2) is 17.4 Å². The van der Waals surface area contributed by atoms with Crippen molar-refractivity contribution in [1.29, 1.82) is 0 Å². The molecule has 0 saturated carbocycles. The number of nitrogens with zero attached hydrogens (tertiary/aromatic N) is 1. The summed E-state index contributed by atoms with van der Waals surface area (Å²) in [6.45, 7) is 0.359. The van der Waals surface area contributed by atoms with E-state index in [-0.39, 0.29) is 10.4 Å². The van der Waals surface area contributed by atoms with Crippen molar-refractivity contribution >= 4 is 29.1 Å². The number of nitrogens with one attached hydrogen (secondary N) is 1. The fourth-order valence-electron chi connectivity index (χ4n) is 1.14. The molecule has 1 rings (SSSR count). The second-order valence-electron chi connectivity index (χ2n) is 3.15. The minimum atomic E-state index is -0.0253.